The Morgan fingerprint density at radius 2 is 1.91 bits per heavy atom. The van der Waals surface area contributed by atoms with Crippen LogP contribution in [0.2, 0.25) is 0 Å². The van der Waals surface area contributed by atoms with E-state index in [0.717, 1.165) is 55.0 Å². The lowest BCUT2D eigenvalue weighted by atomic mass is 9.65. The van der Waals surface area contributed by atoms with Gasteiger partial charge in [-0.2, -0.15) is 0 Å². The third-order valence-electron chi connectivity index (χ3n) is 7.62. The Morgan fingerprint density at radius 3 is 2.62 bits per heavy atom. The molecule has 0 unspecified atom stereocenters. The van der Waals surface area contributed by atoms with Gasteiger partial charge in [-0.1, -0.05) is 22.7 Å². The molecular formula is C26H30N4O3S. The van der Waals surface area contributed by atoms with E-state index in [0.29, 0.717) is 11.6 Å². The topological polar surface area (TPSA) is 76.6 Å². The fourth-order valence-electron chi connectivity index (χ4n) is 5.75. The van der Waals surface area contributed by atoms with Crippen molar-refractivity contribution >= 4 is 17.4 Å². The zero-order chi connectivity index (χ0) is 23.7. The van der Waals surface area contributed by atoms with Crippen LogP contribution < -0.4 is 14.8 Å². The highest BCUT2D eigenvalue weighted by atomic mass is 32.1. The van der Waals surface area contributed by atoms with Crippen LogP contribution in [0.5, 0.6) is 11.5 Å². The molecule has 1 saturated carbocycles. The van der Waals surface area contributed by atoms with Gasteiger partial charge in [0.25, 0.3) is 5.91 Å². The van der Waals surface area contributed by atoms with Crippen LogP contribution in [0, 0.1) is 0 Å². The molecule has 0 spiro atoms. The smallest absolute Gasteiger partial charge is 0.251 e. The standard InChI is InChI=1S/C26H30N4O3S/c1-30-13-12-26(19-8-9-22(32-2)23(14-19)33-3)11-10-20(15-24(26)30)27-25(31)18-6-4-17(5-7-18)21-16-34-29-28-21/h4-9,14,16,20,24H,10-13,15H2,1-3H3,(H,27,31)/t20-,24+,26+/m1/s1. The van der Waals surface area contributed by atoms with Crippen molar-refractivity contribution in [1.82, 2.24) is 19.8 Å². The minimum Gasteiger partial charge on any atom is -0.493 e. The van der Waals surface area contributed by atoms with Gasteiger partial charge in [-0.15, -0.1) is 5.10 Å². The largest absolute Gasteiger partial charge is 0.493 e. The number of aromatic nitrogens is 2. The number of carbonyl (C=O) groups excluding carboxylic acids is 1. The van der Waals surface area contributed by atoms with E-state index in [1.165, 1.54) is 17.1 Å². The van der Waals surface area contributed by atoms with E-state index in [4.69, 9.17) is 9.47 Å². The number of amides is 1. The summed E-state index contributed by atoms with van der Waals surface area (Å²) in [7, 11) is 5.55. The number of likely N-dealkylation sites (tertiary alicyclic amines) is 1. The molecule has 178 valence electrons. The summed E-state index contributed by atoms with van der Waals surface area (Å²) in [6, 6.07) is 14.4. The second kappa shape index (κ2) is 9.35. The molecule has 7 nitrogen and oxygen atoms in total. The maximum absolute atomic E-state index is 13.0. The van der Waals surface area contributed by atoms with Crippen LogP contribution in [0.25, 0.3) is 11.3 Å². The van der Waals surface area contributed by atoms with Gasteiger partial charge in [-0.05, 0) is 80.6 Å². The summed E-state index contributed by atoms with van der Waals surface area (Å²) in [4.78, 5) is 15.5. The first-order chi connectivity index (χ1) is 16.5. The summed E-state index contributed by atoms with van der Waals surface area (Å²) in [5.74, 6) is 1.51. The summed E-state index contributed by atoms with van der Waals surface area (Å²) in [5, 5.41) is 9.29. The molecule has 3 aromatic rings. The van der Waals surface area contributed by atoms with Crippen LogP contribution in [-0.2, 0) is 5.41 Å². The molecule has 1 N–H and O–H groups in total. The van der Waals surface area contributed by atoms with E-state index < -0.39 is 0 Å². The highest BCUT2D eigenvalue weighted by molar-refractivity contribution is 7.03. The summed E-state index contributed by atoms with van der Waals surface area (Å²) >= 11 is 1.32. The van der Waals surface area contributed by atoms with Gasteiger partial charge in [-0.3, -0.25) is 4.79 Å². The average molecular weight is 479 g/mol. The lowest BCUT2D eigenvalue weighted by Crippen LogP contribution is -2.51. The Labute approximate surface area is 204 Å². The minimum atomic E-state index is -0.0211. The first-order valence-electron chi connectivity index (χ1n) is 11.6. The van der Waals surface area contributed by atoms with Crippen LogP contribution in [0.1, 0.15) is 41.6 Å². The Hall–Kier alpha value is -2.97. The molecule has 1 saturated heterocycles. The predicted octanol–water partition coefficient (Wildman–Crippen LogP) is 4.15. The third-order valence-corrected chi connectivity index (χ3v) is 8.13. The monoisotopic (exact) mass is 478 g/mol. The molecule has 1 aromatic heterocycles. The van der Waals surface area contributed by atoms with Gasteiger partial charge >= 0.3 is 0 Å². The highest BCUT2D eigenvalue weighted by Crippen LogP contribution is 2.49. The minimum absolute atomic E-state index is 0.0211. The maximum atomic E-state index is 13.0. The SMILES string of the molecule is COc1ccc([C@@]23CC[C@@H](NC(=O)c4ccc(-c5csnn5)cc4)C[C@@H]2N(C)CC3)cc1OC. The summed E-state index contributed by atoms with van der Waals surface area (Å²) < 4.78 is 14.9. The van der Waals surface area contributed by atoms with Crippen molar-refractivity contribution in [3.63, 3.8) is 0 Å². The van der Waals surface area contributed by atoms with Crippen molar-refractivity contribution < 1.29 is 14.3 Å². The molecule has 2 aliphatic rings. The van der Waals surface area contributed by atoms with Crippen LogP contribution >= 0.6 is 11.5 Å². The number of ether oxygens (including phenoxy) is 2. The molecule has 2 aromatic carbocycles. The predicted molar refractivity (Wildman–Crippen MR) is 133 cm³/mol. The Bertz CT molecular complexity index is 1150. The van der Waals surface area contributed by atoms with E-state index >= 15 is 0 Å². The summed E-state index contributed by atoms with van der Waals surface area (Å²) in [6.07, 6.45) is 4.02. The fraction of sp³-hybridized carbons (Fsp3) is 0.423. The van der Waals surface area contributed by atoms with Gasteiger partial charge in [0, 0.05) is 34.0 Å². The first kappa shape index (κ1) is 22.8. The van der Waals surface area contributed by atoms with Crippen LogP contribution in [0.15, 0.2) is 47.8 Å². The lowest BCUT2D eigenvalue weighted by Gasteiger charge is -2.45. The Morgan fingerprint density at radius 1 is 1.12 bits per heavy atom. The molecule has 8 heteroatoms. The molecule has 5 rings (SSSR count). The van der Waals surface area contributed by atoms with Crippen LogP contribution in [0.4, 0.5) is 0 Å². The number of nitrogens with one attached hydrogen (secondary N) is 1. The number of hydrogen-bond acceptors (Lipinski definition) is 7. The number of rotatable bonds is 6. The molecule has 0 bridgehead atoms. The van der Waals surface area contributed by atoms with E-state index in [1.54, 1.807) is 14.2 Å². The normalized spacial score (nSPS) is 24.4. The average Bonchev–Trinajstić information content (AvgIpc) is 3.53. The number of nitrogens with zero attached hydrogens (tertiary/aromatic N) is 3. The summed E-state index contributed by atoms with van der Waals surface area (Å²) in [5.41, 5.74) is 3.84. The van der Waals surface area contributed by atoms with Gasteiger partial charge in [-0.25, -0.2) is 0 Å². The molecule has 1 aliphatic carbocycles. The fourth-order valence-corrected chi connectivity index (χ4v) is 6.21. The third kappa shape index (κ3) is 4.05. The number of likely N-dealkylation sites (N-methyl/N-ethyl adjacent to an activating group) is 1. The zero-order valence-electron chi connectivity index (χ0n) is 19.8. The highest BCUT2D eigenvalue weighted by Gasteiger charge is 2.50. The molecule has 1 aliphatic heterocycles. The summed E-state index contributed by atoms with van der Waals surface area (Å²) in [6.45, 7) is 1.05. The number of hydrogen-bond donors (Lipinski definition) is 1. The second-order valence-electron chi connectivity index (χ2n) is 9.28. The van der Waals surface area contributed by atoms with E-state index in [1.807, 2.05) is 35.7 Å². The van der Waals surface area contributed by atoms with Gasteiger partial charge in [0.15, 0.2) is 11.5 Å². The Kier molecular flexibility index (Phi) is 6.27. The van der Waals surface area contributed by atoms with Gasteiger partial charge in [0.05, 0.1) is 14.2 Å². The number of methoxy groups -OCH3 is 2. The van der Waals surface area contributed by atoms with Crippen molar-refractivity contribution in [1.29, 1.82) is 0 Å². The second-order valence-corrected chi connectivity index (χ2v) is 9.89. The Balaban J connectivity index is 1.30. The van der Waals surface area contributed by atoms with Crippen molar-refractivity contribution in [3.05, 3.63) is 59.0 Å². The molecule has 2 heterocycles. The molecule has 2 fully saturated rings. The lowest BCUT2D eigenvalue weighted by molar-refractivity contribution is 0.0889. The molecule has 1 amide bonds. The van der Waals surface area contributed by atoms with Crippen LogP contribution in [0.3, 0.4) is 0 Å². The number of carbonyl (C=O) groups is 1. The van der Waals surface area contributed by atoms with Crippen molar-refractivity contribution in [2.45, 2.75) is 43.2 Å². The van der Waals surface area contributed by atoms with Gasteiger partial charge in [0.1, 0.15) is 5.69 Å². The number of fused-ring (bicyclic) bond motifs is 1. The van der Waals surface area contributed by atoms with E-state index in [2.05, 4.69) is 39.0 Å². The van der Waals surface area contributed by atoms with Gasteiger partial charge in [0.2, 0.25) is 0 Å². The molecular weight excluding hydrogens is 448 g/mol. The van der Waals surface area contributed by atoms with E-state index in [9.17, 15) is 4.79 Å². The van der Waals surface area contributed by atoms with Crippen LogP contribution in [-0.4, -0.2) is 60.3 Å². The molecule has 3 atom stereocenters. The number of benzene rings is 2. The molecule has 34 heavy (non-hydrogen) atoms. The van der Waals surface area contributed by atoms with Gasteiger partial charge < -0.3 is 19.7 Å². The first-order valence-corrected chi connectivity index (χ1v) is 12.5. The zero-order valence-corrected chi connectivity index (χ0v) is 20.6. The van der Waals surface area contributed by atoms with Crippen molar-refractivity contribution in [2.24, 2.45) is 0 Å². The van der Waals surface area contributed by atoms with E-state index in [-0.39, 0.29) is 17.4 Å². The van der Waals surface area contributed by atoms with Crippen molar-refractivity contribution in [3.8, 4) is 22.8 Å². The maximum Gasteiger partial charge on any atom is 0.251 e. The van der Waals surface area contributed by atoms with Crippen molar-refractivity contribution in [2.75, 3.05) is 27.8 Å². The molecule has 0 radical (unpaired) electrons. The quantitative estimate of drug-likeness (QED) is 0.574.